The van der Waals surface area contributed by atoms with Gasteiger partial charge in [-0.15, -0.1) is 0 Å². The topological polar surface area (TPSA) is 65.2 Å². The molecule has 0 aliphatic carbocycles. The van der Waals surface area contributed by atoms with Gasteiger partial charge in [-0.25, -0.2) is 0 Å². The van der Waals surface area contributed by atoms with Crippen molar-refractivity contribution in [3.63, 3.8) is 0 Å². The van der Waals surface area contributed by atoms with Crippen molar-refractivity contribution in [2.24, 2.45) is 0 Å². The molecule has 2 aromatic rings. The van der Waals surface area contributed by atoms with Crippen molar-refractivity contribution in [2.75, 3.05) is 11.7 Å². The normalized spacial score (nSPS) is 12.2. The fourth-order valence-electron chi connectivity index (χ4n) is 1.47. The largest absolute Gasteiger partial charge is 0.396 e. The molecular weight excluding hydrogens is 248 g/mol. The summed E-state index contributed by atoms with van der Waals surface area (Å²) < 4.78 is 17.3. The van der Waals surface area contributed by atoms with E-state index in [2.05, 4.69) is 4.98 Å². The first-order valence-electron chi connectivity index (χ1n) is 5.47. The zero-order valence-corrected chi connectivity index (χ0v) is 10.6. The van der Waals surface area contributed by atoms with E-state index >= 15 is 0 Å². The number of nitrogens with zero attached hydrogens (tertiary/aromatic N) is 1. The van der Waals surface area contributed by atoms with Crippen LogP contribution in [0, 0.1) is 0 Å². The Hall–Kier alpha value is -1.72. The molecule has 0 aliphatic heterocycles. The molecule has 4 nitrogen and oxygen atoms in total. The summed E-state index contributed by atoms with van der Waals surface area (Å²) in [5.74, 6) is 0.128. The van der Waals surface area contributed by atoms with Crippen molar-refractivity contribution in [1.82, 2.24) is 4.98 Å². The highest BCUT2D eigenvalue weighted by Crippen LogP contribution is 2.14. The third kappa shape index (κ3) is 3.38. The lowest BCUT2D eigenvalue weighted by molar-refractivity contribution is 0.166. The van der Waals surface area contributed by atoms with Crippen LogP contribution in [-0.4, -0.2) is 15.1 Å². The quantitative estimate of drug-likeness (QED) is 0.894. The molecule has 0 bridgehead atoms. The highest BCUT2D eigenvalue weighted by atomic mass is 32.2. The van der Waals surface area contributed by atoms with Gasteiger partial charge in [-0.1, -0.05) is 30.3 Å². The molecule has 0 saturated carbocycles. The number of anilines is 1. The SMILES string of the molecule is Nc1cnccc1S(=O)COCc1ccccc1. The first-order valence-corrected chi connectivity index (χ1v) is 6.79. The van der Waals surface area contributed by atoms with Gasteiger partial charge in [0, 0.05) is 6.20 Å². The number of benzene rings is 1. The van der Waals surface area contributed by atoms with Crippen LogP contribution < -0.4 is 5.73 Å². The van der Waals surface area contributed by atoms with Gasteiger partial charge < -0.3 is 10.5 Å². The average molecular weight is 262 g/mol. The van der Waals surface area contributed by atoms with Crippen LogP contribution >= 0.6 is 0 Å². The second kappa shape index (κ2) is 6.28. The predicted molar refractivity (Wildman–Crippen MR) is 71.2 cm³/mol. The van der Waals surface area contributed by atoms with Crippen LogP contribution in [0.25, 0.3) is 0 Å². The Morgan fingerprint density at radius 1 is 1.22 bits per heavy atom. The second-order valence-electron chi connectivity index (χ2n) is 3.71. The van der Waals surface area contributed by atoms with Crippen LogP contribution in [0.1, 0.15) is 5.56 Å². The fourth-order valence-corrected chi connectivity index (χ4v) is 2.36. The molecule has 1 heterocycles. The number of pyridine rings is 1. The Morgan fingerprint density at radius 3 is 2.72 bits per heavy atom. The van der Waals surface area contributed by atoms with Crippen molar-refractivity contribution in [3.05, 3.63) is 54.4 Å². The second-order valence-corrected chi connectivity index (χ2v) is 5.08. The molecule has 0 aliphatic rings. The molecular formula is C13H14N2O2S. The van der Waals surface area contributed by atoms with Crippen molar-refractivity contribution in [1.29, 1.82) is 0 Å². The summed E-state index contributed by atoms with van der Waals surface area (Å²) >= 11 is 0. The van der Waals surface area contributed by atoms with Crippen LogP contribution in [0.2, 0.25) is 0 Å². The number of nitrogen functional groups attached to an aromatic ring is 1. The Bertz CT molecular complexity index is 532. The van der Waals surface area contributed by atoms with Gasteiger partial charge in [-0.05, 0) is 11.6 Å². The van der Waals surface area contributed by atoms with Crippen molar-refractivity contribution in [3.8, 4) is 0 Å². The number of hydrogen-bond donors (Lipinski definition) is 1. The molecule has 94 valence electrons. The summed E-state index contributed by atoms with van der Waals surface area (Å²) in [6.45, 7) is 0.442. The van der Waals surface area contributed by atoms with E-state index in [1.807, 2.05) is 30.3 Å². The zero-order chi connectivity index (χ0) is 12.8. The van der Waals surface area contributed by atoms with Gasteiger partial charge in [0.15, 0.2) is 0 Å². The molecule has 1 unspecified atom stereocenters. The van der Waals surface area contributed by atoms with Crippen molar-refractivity contribution < 1.29 is 8.95 Å². The monoisotopic (exact) mass is 262 g/mol. The summed E-state index contributed by atoms with van der Waals surface area (Å²) in [7, 11) is -1.26. The lowest BCUT2D eigenvalue weighted by Gasteiger charge is -2.06. The van der Waals surface area contributed by atoms with Crippen LogP contribution in [0.15, 0.2) is 53.7 Å². The Morgan fingerprint density at radius 2 is 2.00 bits per heavy atom. The molecule has 1 aromatic heterocycles. The van der Waals surface area contributed by atoms with E-state index in [9.17, 15) is 4.21 Å². The molecule has 1 aromatic carbocycles. The average Bonchev–Trinajstić information content (AvgIpc) is 2.40. The number of ether oxygens (including phenoxy) is 1. The van der Waals surface area contributed by atoms with Gasteiger partial charge in [-0.2, -0.15) is 0 Å². The third-order valence-corrected chi connectivity index (χ3v) is 3.60. The zero-order valence-electron chi connectivity index (χ0n) is 9.78. The third-order valence-electron chi connectivity index (χ3n) is 2.36. The number of rotatable bonds is 5. The van der Waals surface area contributed by atoms with E-state index in [1.54, 1.807) is 12.3 Å². The summed E-state index contributed by atoms with van der Waals surface area (Å²) in [5.41, 5.74) is 7.18. The van der Waals surface area contributed by atoms with E-state index in [-0.39, 0.29) is 5.94 Å². The van der Waals surface area contributed by atoms with Gasteiger partial charge in [0.2, 0.25) is 0 Å². The molecule has 2 N–H and O–H groups in total. The van der Waals surface area contributed by atoms with Gasteiger partial charge in [-0.3, -0.25) is 9.19 Å². The highest BCUT2D eigenvalue weighted by molar-refractivity contribution is 7.85. The van der Waals surface area contributed by atoms with Crippen molar-refractivity contribution in [2.45, 2.75) is 11.5 Å². The predicted octanol–water partition coefficient (Wildman–Crippen LogP) is 1.95. The molecule has 5 heteroatoms. The Labute approximate surface area is 108 Å². The smallest absolute Gasteiger partial charge is 0.127 e. The number of hydrogen-bond acceptors (Lipinski definition) is 4. The van der Waals surface area contributed by atoms with Crippen LogP contribution in [0.5, 0.6) is 0 Å². The number of nitrogens with two attached hydrogens (primary N) is 1. The molecule has 2 rings (SSSR count). The van der Waals surface area contributed by atoms with Crippen molar-refractivity contribution >= 4 is 16.5 Å². The maximum absolute atomic E-state index is 11.9. The summed E-state index contributed by atoms with van der Waals surface area (Å²) in [6.07, 6.45) is 3.06. The maximum Gasteiger partial charge on any atom is 0.127 e. The summed E-state index contributed by atoms with van der Waals surface area (Å²) in [5, 5.41) is 0. The van der Waals surface area contributed by atoms with E-state index in [4.69, 9.17) is 10.5 Å². The lowest BCUT2D eigenvalue weighted by Crippen LogP contribution is -2.05. The highest BCUT2D eigenvalue weighted by Gasteiger charge is 2.07. The summed E-state index contributed by atoms with van der Waals surface area (Å²) in [6, 6.07) is 11.4. The van der Waals surface area contributed by atoms with Gasteiger partial charge in [0.05, 0.1) is 34.2 Å². The molecule has 0 fully saturated rings. The first-order chi connectivity index (χ1) is 8.77. The van der Waals surface area contributed by atoms with Gasteiger partial charge >= 0.3 is 0 Å². The van der Waals surface area contributed by atoms with E-state index in [1.165, 1.54) is 6.20 Å². The van der Waals surface area contributed by atoms with Crippen LogP contribution in [0.4, 0.5) is 5.69 Å². The molecule has 0 radical (unpaired) electrons. The first kappa shape index (κ1) is 12.7. The molecule has 0 spiro atoms. The molecule has 1 atom stereocenters. The van der Waals surface area contributed by atoms with Gasteiger partial charge in [0.1, 0.15) is 5.94 Å². The molecule has 0 saturated heterocycles. The maximum atomic E-state index is 11.9. The summed E-state index contributed by atoms with van der Waals surface area (Å²) in [4.78, 5) is 4.42. The molecule has 0 amide bonds. The van der Waals surface area contributed by atoms with E-state index < -0.39 is 10.8 Å². The van der Waals surface area contributed by atoms with E-state index in [0.717, 1.165) is 5.56 Å². The lowest BCUT2D eigenvalue weighted by atomic mass is 10.2. The fraction of sp³-hybridized carbons (Fsp3) is 0.154. The minimum atomic E-state index is -1.26. The molecule has 18 heavy (non-hydrogen) atoms. The van der Waals surface area contributed by atoms with Crippen LogP contribution in [0.3, 0.4) is 0 Å². The minimum absolute atomic E-state index is 0.128. The van der Waals surface area contributed by atoms with Crippen LogP contribution in [-0.2, 0) is 22.1 Å². The van der Waals surface area contributed by atoms with Gasteiger partial charge in [0.25, 0.3) is 0 Å². The minimum Gasteiger partial charge on any atom is -0.396 e. The Kier molecular flexibility index (Phi) is 4.44. The standard InChI is InChI=1S/C13H14N2O2S/c14-12-8-15-7-6-13(12)18(16)10-17-9-11-4-2-1-3-5-11/h1-8H,9-10,14H2. The Balaban J connectivity index is 1.88. The number of aromatic nitrogens is 1. The van der Waals surface area contributed by atoms with E-state index in [0.29, 0.717) is 17.2 Å².